The molecule has 0 unspecified atom stereocenters. The van der Waals surface area contributed by atoms with E-state index in [1.807, 2.05) is 6.92 Å². The Balaban J connectivity index is 1.46. The van der Waals surface area contributed by atoms with Gasteiger partial charge in [-0.1, -0.05) is 35.9 Å². The molecule has 0 saturated carbocycles. The van der Waals surface area contributed by atoms with E-state index in [4.69, 9.17) is 25.8 Å². The molecule has 1 saturated heterocycles. The lowest BCUT2D eigenvalue weighted by molar-refractivity contribution is -0.123. The number of carbonyl (C=O) groups is 2. The molecule has 1 fully saturated rings. The number of nitrogens with zero attached hydrogens (tertiary/aromatic N) is 1. The van der Waals surface area contributed by atoms with Crippen molar-refractivity contribution in [2.45, 2.75) is 13.5 Å². The number of hydrogen-bond acceptors (Lipinski definition) is 6. The molecule has 1 aliphatic heterocycles. The molecule has 0 radical (unpaired) electrons. The molecule has 1 aliphatic rings. The maximum atomic E-state index is 13.2. The average Bonchev–Trinajstić information content (AvgIpc) is 3.13. The van der Waals surface area contributed by atoms with Crippen molar-refractivity contribution in [3.63, 3.8) is 0 Å². The predicted molar refractivity (Wildman–Crippen MR) is 146 cm³/mol. The zero-order valence-corrected chi connectivity index (χ0v) is 22.9. The summed E-state index contributed by atoms with van der Waals surface area (Å²) in [6.45, 7) is 2.67. The van der Waals surface area contributed by atoms with E-state index in [1.165, 1.54) is 12.1 Å². The molecular formula is C27H22BrClFNO5S. The monoisotopic (exact) mass is 605 g/mol. The lowest BCUT2D eigenvalue weighted by atomic mass is 10.1. The molecule has 192 valence electrons. The third kappa shape index (κ3) is 6.85. The molecule has 3 aromatic carbocycles. The van der Waals surface area contributed by atoms with Crippen LogP contribution >= 0.6 is 39.3 Å². The number of thioether (sulfide) groups is 1. The van der Waals surface area contributed by atoms with Crippen molar-refractivity contribution in [3.8, 4) is 17.2 Å². The number of benzene rings is 3. The van der Waals surface area contributed by atoms with Gasteiger partial charge in [-0.25, -0.2) is 4.39 Å². The predicted octanol–water partition coefficient (Wildman–Crippen LogP) is 7.33. The van der Waals surface area contributed by atoms with E-state index in [0.29, 0.717) is 38.9 Å². The number of amides is 2. The highest BCUT2D eigenvalue weighted by Crippen LogP contribution is 2.39. The van der Waals surface area contributed by atoms with Crippen LogP contribution < -0.4 is 14.2 Å². The Morgan fingerprint density at radius 2 is 1.78 bits per heavy atom. The SMILES string of the molecule is CCOc1cc(/C=C2\SC(=O)N(CCOc3ccccc3Cl)C2=O)cc(Br)c1OCc1ccc(F)cc1. The molecule has 10 heteroatoms. The summed E-state index contributed by atoms with van der Waals surface area (Å²) in [5.41, 5.74) is 1.45. The Morgan fingerprint density at radius 1 is 1.03 bits per heavy atom. The lowest BCUT2D eigenvalue weighted by Gasteiger charge is -2.15. The van der Waals surface area contributed by atoms with E-state index in [9.17, 15) is 14.0 Å². The van der Waals surface area contributed by atoms with Crippen molar-refractivity contribution in [3.05, 3.63) is 92.0 Å². The summed E-state index contributed by atoms with van der Waals surface area (Å²) in [6.07, 6.45) is 1.64. The van der Waals surface area contributed by atoms with Crippen molar-refractivity contribution in [2.24, 2.45) is 0 Å². The maximum absolute atomic E-state index is 13.2. The Morgan fingerprint density at radius 3 is 2.51 bits per heavy atom. The average molecular weight is 607 g/mol. The molecule has 2 amide bonds. The Hall–Kier alpha value is -3.01. The minimum absolute atomic E-state index is 0.0945. The van der Waals surface area contributed by atoms with Gasteiger partial charge >= 0.3 is 0 Å². The summed E-state index contributed by atoms with van der Waals surface area (Å²) in [7, 11) is 0. The number of rotatable bonds is 10. The second-order valence-electron chi connectivity index (χ2n) is 7.79. The molecule has 0 aliphatic carbocycles. The van der Waals surface area contributed by atoms with Gasteiger partial charge < -0.3 is 14.2 Å². The van der Waals surface area contributed by atoms with Gasteiger partial charge in [-0.15, -0.1) is 0 Å². The van der Waals surface area contributed by atoms with E-state index < -0.39 is 5.91 Å². The summed E-state index contributed by atoms with van der Waals surface area (Å²) in [4.78, 5) is 26.8. The third-order valence-electron chi connectivity index (χ3n) is 5.21. The van der Waals surface area contributed by atoms with Gasteiger partial charge in [-0.3, -0.25) is 14.5 Å². The summed E-state index contributed by atoms with van der Waals surface area (Å²) >= 11 is 10.5. The molecule has 0 aromatic heterocycles. The Labute approximate surface area is 231 Å². The van der Waals surface area contributed by atoms with Crippen LogP contribution in [0.15, 0.2) is 70.0 Å². The fraction of sp³-hybridized carbons (Fsp3) is 0.185. The topological polar surface area (TPSA) is 65.1 Å². The first-order valence-electron chi connectivity index (χ1n) is 11.3. The number of hydrogen-bond donors (Lipinski definition) is 0. The first kappa shape index (κ1) is 27.0. The van der Waals surface area contributed by atoms with Crippen LogP contribution in [0.25, 0.3) is 6.08 Å². The van der Waals surface area contributed by atoms with E-state index in [2.05, 4.69) is 15.9 Å². The van der Waals surface area contributed by atoms with Gasteiger partial charge in [0.2, 0.25) is 0 Å². The lowest BCUT2D eigenvalue weighted by Crippen LogP contribution is -2.32. The fourth-order valence-corrected chi connectivity index (χ4v) is 5.09. The van der Waals surface area contributed by atoms with Crippen molar-refractivity contribution >= 4 is 56.5 Å². The molecular weight excluding hydrogens is 585 g/mol. The van der Waals surface area contributed by atoms with Crippen molar-refractivity contribution in [1.82, 2.24) is 4.90 Å². The van der Waals surface area contributed by atoms with Gasteiger partial charge in [0.1, 0.15) is 24.8 Å². The van der Waals surface area contributed by atoms with Gasteiger partial charge in [0.25, 0.3) is 11.1 Å². The van der Waals surface area contributed by atoms with Gasteiger partial charge in [-0.2, -0.15) is 0 Å². The van der Waals surface area contributed by atoms with Crippen LogP contribution in [0.3, 0.4) is 0 Å². The molecule has 0 atom stereocenters. The van der Waals surface area contributed by atoms with Crippen molar-refractivity contribution in [2.75, 3.05) is 19.8 Å². The van der Waals surface area contributed by atoms with Crippen molar-refractivity contribution < 1.29 is 28.2 Å². The zero-order chi connectivity index (χ0) is 26.4. The summed E-state index contributed by atoms with van der Waals surface area (Å²) in [5, 5.41) is 0.0830. The fourth-order valence-electron chi connectivity index (χ4n) is 3.46. The number of halogens is 3. The number of para-hydroxylation sites is 1. The highest BCUT2D eigenvalue weighted by Gasteiger charge is 2.35. The van der Waals surface area contributed by atoms with Crippen LogP contribution in [-0.2, 0) is 11.4 Å². The largest absolute Gasteiger partial charge is 0.490 e. The van der Waals surface area contributed by atoms with Crippen LogP contribution in [0.2, 0.25) is 5.02 Å². The highest BCUT2D eigenvalue weighted by molar-refractivity contribution is 9.10. The zero-order valence-electron chi connectivity index (χ0n) is 19.7. The Bertz CT molecular complexity index is 1330. The molecule has 0 bridgehead atoms. The van der Waals surface area contributed by atoms with E-state index in [1.54, 1.807) is 54.6 Å². The number of imide groups is 1. The van der Waals surface area contributed by atoms with Gasteiger partial charge in [0.05, 0.1) is 27.6 Å². The summed E-state index contributed by atoms with van der Waals surface area (Å²) in [6, 6.07) is 16.5. The molecule has 0 spiro atoms. The number of carbonyl (C=O) groups excluding carboxylic acids is 2. The minimum atomic E-state index is -0.400. The quantitative estimate of drug-likeness (QED) is 0.225. The molecule has 4 rings (SSSR count). The molecule has 6 nitrogen and oxygen atoms in total. The van der Waals surface area contributed by atoms with Gasteiger partial charge in [0, 0.05) is 0 Å². The molecule has 37 heavy (non-hydrogen) atoms. The summed E-state index contributed by atoms with van der Waals surface area (Å²) < 4.78 is 31.1. The van der Waals surface area contributed by atoms with Gasteiger partial charge in [0.15, 0.2) is 11.5 Å². The van der Waals surface area contributed by atoms with E-state index in [-0.39, 0.29) is 35.7 Å². The standard InChI is InChI=1S/C27H22BrClFNO5S/c1-2-34-23-14-18(13-20(28)25(23)36-16-17-7-9-19(30)10-8-17)15-24-26(32)31(27(33)37-24)11-12-35-22-6-4-3-5-21(22)29/h3-10,13-15H,2,11-12,16H2,1H3/b24-15-. The van der Waals surface area contributed by atoms with E-state index >= 15 is 0 Å². The smallest absolute Gasteiger partial charge is 0.293 e. The maximum Gasteiger partial charge on any atom is 0.293 e. The highest BCUT2D eigenvalue weighted by atomic mass is 79.9. The van der Waals surface area contributed by atoms with E-state index in [0.717, 1.165) is 22.2 Å². The Kier molecular flexibility index (Phi) is 9.13. The van der Waals surface area contributed by atoms with Crippen molar-refractivity contribution in [1.29, 1.82) is 0 Å². The minimum Gasteiger partial charge on any atom is -0.490 e. The normalized spacial score (nSPS) is 14.4. The third-order valence-corrected chi connectivity index (χ3v) is 7.02. The van der Waals surface area contributed by atoms with Crippen LogP contribution in [0.5, 0.6) is 17.2 Å². The number of ether oxygens (including phenoxy) is 3. The van der Waals surface area contributed by atoms with Gasteiger partial charge in [-0.05, 0) is 88.2 Å². The molecule has 1 heterocycles. The van der Waals surface area contributed by atoms with Crippen LogP contribution in [0, 0.1) is 5.82 Å². The molecule has 0 N–H and O–H groups in total. The van der Waals surface area contributed by atoms with Crippen LogP contribution in [-0.4, -0.2) is 35.8 Å². The summed E-state index contributed by atoms with van der Waals surface area (Å²) in [5.74, 6) is 0.720. The van der Waals surface area contributed by atoms with Crippen LogP contribution in [0.1, 0.15) is 18.1 Å². The van der Waals surface area contributed by atoms with Crippen LogP contribution in [0.4, 0.5) is 9.18 Å². The second-order valence-corrected chi connectivity index (χ2v) is 10.0. The first-order valence-corrected chi connectivity index (χ1v) is 13.3. The molecule has 3 aromatic rings. The first-order chi connectivity index (χ1) is 17.9. The second kappa shape index (κ2) is 12.5.